The van der Waals surface area contributed by atoms with E-state index in [1.165, 1.54) is 0 Å². The number of hydrogen-bond acceptors (Lipinski definition) is 4. The number of hydrogen-bond donors (Lipinski definition) is 1. The topological polar surface area (TPSA) is 79.5 Å². The van der Waals surface area contributed by atoms with Gasteiger partial charge in [-0.25, -0.2) is 0 Å². The second-order valence-electron chi connectivity index (χ2n) is 7.39. The minimum absolute atomic E-state index is 0.314. The van der Waals surface area contributed by atoms with Crippen molar-refractivity contribution >= 4 is 29.2 Å². The molecule has 1 N–H and O–H groups in total. The summed E-state index contributed by atoms with van der Waals surface area (Å²) >= 11 is 13.3. The minimum Gasteiger partial charge on any atom is -0.494 e. The lowest BCUT2D eigenvalue weighted by molar-refractivity contribution is -0.140. The van der Waals surface area contributed by atoms with E-state index < -0.39 is 21.1 Å². The summed E-state index contributed by atoms with van der Waals surface area (Å²) in [5.41, 5.74) is -2.95. The van der Waals surface area contributed by atoms with Crippen molar-refractivity contribution in [2.24, 2.45) is 0 Å². The number of alkyl halides is 2. The van der Waals surface area contributed by atoms with Crippen molar-refractivity contribution in [3.8, 4) is 23.3 Å². The van der Waals surface area contributed by atoms with Crippen LogP contribution in [0, 0.1) is 11.3 Å². The molecule has 2 unspecified atom stereocenters. The minimum atomic E-state index is -1.92. The summed E-state index contributed by atoms with van der Waals surface area (Å²) in [6.07, 6.45) is 0. The van der Waals surface area contributed by atoms with Gasteiger partial charge in [-0.15, -0.1) is 0 Å². The maximum absolute atomic E-state index is 12.7. The normalized spacial score (nSPS) is 23.1. The average molecular weight is 468 g/mol. The number of carboxylic acid groups (broad SMARTS) is 1. The standard InChI is InChI=1S/C25H19Cl2NO4/c1-2-31-19-13-11-17(12-14-19)24(22(29)30)23(16-28,25(24,26)27)18-7-6-10-21(15-18)32-20-8-4-3-5-9-20/h3-15H,2H2,1H3,(H,29,30). The molecule has 0 amide bonds. The molecule has 1 aliphatic rings. The van der Waals surface area contributed by atoms with Crippen molar-refractivity contribution in [2.75, 3.05) is 6.61 Å². The molecule has 7 heteroatoms. The van der Waals surface area contributed by atoms with Gasteiger partial charge in [-0.3, -0.25) is 4.79 Å². The Labute approximate surface area is 195 Å². The third kappa shape index (κ3) is 2.95. The Morgan fingerprint density at radius 3 is 2.19 bits per heavy atom. The van der Waals surface area contributed by atoms with Gasteiger partial charge in [0, 0.05) is 0 Å². The number of aliphatic carboxylic acids is 1. The molecule has 0 aromatic heterocycles. The zero-order valence-electron chi connectivity index (χ0n) is 17.1. The number of nitriles is 1. The number of halogens is 2. The number of carboxylic acids is 1. The highest BCUT2D eigenvalue weighted by atomic mass is 35.5. The zero-order chi connectivity index (χ0) is 23.0. The Hall–Kier alpha value is -3.20. The molecular weight excluding hydrogens is 449 g/mol. The van der Waals surface area contributed by atoms with Crippen LogP contribution in [0.4, 0.5) is 0 Å². The molecule has 5 nitrogen and oxygen atoms in total. The van der Waals surface area contributed by atoms with Crippen LogP contribution in [0.3, 0.4) is 0 Å². The van der Waals surface area contributed by atoms with Crippen LogP contribution in [-0.4, -0.2) is 22.0 Å². The van der Waals surface area contributed by atoms with Gasteiger partial charge in [-0.05, 0) is 54.4 Å². The number of nitrogens with zero attached hydrogens (tertiary/aromatic N) is 1. The van der Waals surface area contributed by atoms with E-state index in [4.69, 9.17) is 32.7 Å². The highest BCUT2D eigenvalue weighted by Crippen LogP contribution is 2.78. The van der Waals surface area contributed by atoms with Gasteiger partial charge in [0.25, 0.3) is 0 Å². The SMILES string of the molecule is CCOc1ccc(C2(C(=O)O)C(Cl)(Cl)C2(C#N)c2cccc(Oc3ccccc3)c2)cc1. The molecule has 0 radical (unpaired) electrons. The molecule has 0 aliphatic heterocycles. The predicted molar refractivity (Wildman–Crippen MR) is 122 cm³/mol. The molecule has 32 heavy (non-hydrogen) atoms. The maximum atomic E-state index is 12.7. The van der Waals surface area contributed by atoms with Gasteiger partial charge in [0.05, 0.1) is 12.7 Å². The first-order valence-corrected chi connectivity index (χ1v) is 10.7. The van der Waals surface area contributed by atoms with Crippen LogP contribution in [0.15, 0.2) is 78.9 Å². The molecule has 0 saturated heterocycles. The number of para-hydroxylation sites is 1. The van der Waals surface area contributed by atoms with E-state index in [2.05, 4.69) is 6.07 Å². The van der Waals surface area contributed by atoms with Gasteiger partial charge < -0.3 is 14.6 Å². The lowest BCUT2D eigenvalue weighted by Gasteiger charge is -2.18. The molecule has 1 fully saturated rings. The van der Waals surface area contributed by atoms with Crippen LogP contribution in [0.1, 0.15) is 18.1 Å². The fourth-order valence-electron chi connectivity index (χ4n) is 4.30. The van der Waals surface area contributed by atoms with E-state index in [1.807, 2.05) is 25.1 Å². The molecule has 2 atom stereocenters. The molecule has 1 saturated carbocycles. The van der Waals surface area contributed by atoms with Crippen LogP contribution in [0.2, 0.25) is 0 Å². The highest BCUT2D eigenvalue weighted by Gasteiger charge is 2.93. The second kappa shape index (κ2) is 8.05. The Bertz CT molecular complexity index is 1190. The average Bonchev–Trinajstić information content (AvgIpc) is 3.27. The number of benzene rings is 3. The lowest BCUT2D eigenvalue weighted by Crippen LogP contribution is -2.30. The summed E-state index contributed by atoms with van der Waals surface area (Å²) in [6.45, 7) is 2.32. The Balaban J connectivity index is 1.82. The van der Waals surface area contributed by atoms with Gasteiger partial charge in [0.15, 0.2) is 9.75 Å². The first-order chi connectivity index (χ1) is 15.3. The highest BCUT2D eigenvalue weighted by molar-refractivity contribution is 6.56. The summed E-state index contributed by atoms with van der Waals surface area (Å²) in [6, 6.07) is 24.3. The molecule has 4 rings (SSSR count). The predicted octanol–water partition coefficient (Wildman–Crippen LogP) is 5.85. The van der Waals surface area contributed by atoms with Gasteiger partial charge >= 0.3 is 5.97 Å². The van der Waals surface area contributed by atoms with Crippen LogP contribution < -0.4 is 9.47 Å². The summed E-state index contributed by atoms with van der Waals surface area (Å²) < 4.78 is 9.40. The van der Waals surface area contributed by atoms with Crippen LogP contribution in [-0.2, 0) is 15.6 Å². The van der Waals surface area contributed by atoms with Crippen molar-refractivity contribution in [1.29, 1.82) is 5.26 Å². The molecular formula is C25H19Cl2NO4. The van der Waals surface area contributed by atoms with Gasteiger partial charge in [0.2, 0.25) is 0 Å². The van der Waals surface area contributed by atoms with Crippen LogP contribution in [0.25, 0.3) is 0 Å². The van der Waals surface area contributed by atoms with Crippen molar-refractivity contribution in [2.45, 2.75) is 22.1 Å². The largest absolute Gasteiger partial charge is 0.494 e. The van der Waals surface area contributed by atoms with Gasteiger partial charge in [0.1, 0.15) is 22.7 Å². The first-order valence-electron chi connectivity index (χ1n) is 9.94. The van der Waals surface area contributed by atoms with Crippen LogP contribution in [0.5, 0.6) is 17.2 Å². The maximum Gasteiger partial charge on any atom is 0.319 e. The van der Waals surface area contributed by atoms with Crippen LogP contribution >= 0.6 is 23.2 Å². The van der Waals surface area contributed by atoms with E-state index in [-0.39, 0.29) is 0 Å². The first kappa shape index (κ1) is 22.0. The van der Waals surface area contributed by atoms with Crippen molar-refractivity contribution in [1.82, 2.24) is 0 Å². The number of ether oxygens (including phenoxy) is 2. The monoisotopic (exact) mass is 467 g/mol. The molecule has 3 aromatic carbocycles. The summed E-state index contributed by atoms with van der Waals surface area (Å²) in [4.78, 5) is 12.7. The molecule has 1 aliphatic carbocycles. The van der Waals surface area contributed by atoms with Crippen molar-refractivity contribution < 1.29 is 19.4 Å². The third-order valence-corrected chi connectivity index (χ3v) is 6.91. The fourth-order valence-corrected chi connectivity index (χ4v) is 5.46. The zero-order valence-corrected chi connectivity index (χ0v) is 18.6. The molecule has 162 valence electrons. The van der Waals surface area contributed by atoms with Crippen molar-refractivity contribution in [3.05, 3.63) is 90.0 Å². The Morgan fingerprint density at radius 2 is 1.59 bits per heavy atom. The second-order valence-corrected chi connectivity index (χ2v) is 8.72. The fraction of sp³-hybridized carbons (Fsp3) is 0.200. The van der Waals surface area contributed by atoms with E-state index in [1.54, 1.807) is 60.7 Å². The molecule has 0 bridgehead atoms. The molecule has 3 aromatic rings. The van der Waals surface area contributed by atoms with E-state index in [0.717, 1.165) is 0 Å². The summed E-state index contributed by atoms with van der Waals surface area (Å²) in [5.74, 6) is 0.325. The lowest BCUT2D eigenvalue weighted by atomic mass is 9.82. The van der Waals surface area contributed by atoms with Gasteiger partial charge in [-0.1, -0.05) is 65.7 Å². The third-order valence-electron chi connectivity index (χ3n) is 5.77. The van der Waals surface area contributed by atoms with E-state index in [0.29, 0.717) is 35.0 Å². The summed E-state index contributed by atoms with van der Waals surface area (Å²) in [7, 11) is 0. The number of carbonyl (C=O) groups is 1. The van der Waals surface area contributed by atoms with E-state index >= 15 is 0 Å². The molecule has 0 heterocycles. The quantitative estimate of drug-likeness (QED) is 0.440. The van der Waals surface area contributed by atoms with Gasteiger partial charge in [-0.2, -0.15) is 5.26 Å². The molecule has 0 spiro atoms. The summed E-state index contributed by atoms with van der Waals surface area (Å²) in [5, 5.41) is 20.6. The van der Waals surface area contributed by atoms with E-state index in [9.17, 15) is 15.2 Å². The smallest absolute Gasteiger partial charge is 0.319 e. The Morgan fingerprint density at radius 1 is 0.938 bits per heavy atom. The Kier molecular flexibility index (Phi) is 5.54. The number of rotatable bonds is 7. The van der Waals surface area contributed by atoms with Crippen molar-refractivity contribution in [3.63, 3.8) is 0 Å².